The molecular formula is C29H29ClFNO5S. The molecule has 1 fully saturated rings. The third kappa shape index (κ3) is 5.39. The Morgan fingerprint density at radius 2 is 1.84 bits per heavy atom. The number of hydrogen-bond donors (Lipinski definition) is 1. The van der Waals surface area contributed by atoms with E-state index in [0.29, 0.717) is 12.4 Å². The highest BCUT2D eigenvalue weighted by Crippen LogP contribution is 2.48. The predicted molar refractivity (Wildman–Crippen MR) is 146 cm³/mol. The van der Waals surface area contributed by atoms with Crippen LogP contribution < -0.4 is 9.47 Å². The summed E-state index contributed by atoms with van der Waals surface area (Å²) in [7, 11) is -3.48. The van der Waals surface area contributed by atoms with Gasteiger partial charge in [-0.15, -0.1) is 0 Å². The second-order valence-corrected chi connectivity index (χ2v) is 12.2. The number of fused-ring (bicyclic) bond motifs is 1. The van der Waals surface area contributed by atoms with Gasteiger partial charge in [-0.2, -0.15) is 0 Å². The number of halogens is 2. The first-order valence-electron chi connectivity index (χ1n) is 12.4. The van der Waals surface area contributed by atoms with E-state index in [4.69, 9.17) is 21.1 Å². The van der Waals surface area contributed by atoms with Crippen molar-refractivity contribution in [3.05, 3.63) is 82.4 Å². The van der Waals surface area contributed by atoms with Gasteiger partial charge in [0.15, 0.2) is 9.84 Å². The number of sulfone groups is 1. The highest BCUT2D eigenvalue weighted by atomic mass is 35.5. The van der Waals surface area contributed by atoms with Crippen LogP contribution in [0, 0.1) is 5.92 Å². The lowest BCUT2D eigenvalue weighted by atomic mass is 9.86. The highest BCUT2D eigenvalue weighted by molar-refractivity contribution is 7.90. The van der Waals surface area contributed by atoms with Gasteiger partial charge in [0, 0.05) is 42.9 Å². The second-order valence-electron chi connectivity index (χ2n) is 9.83. The summed E-state index contributed by atoms with van der Waals surface area (Å²) in [4.78, 5) is 2.23. The van der Waals surface area contributed by atoms with Crippen molar-refractivity contribution in [1.29, 1.82) is 0 Å². The summed E-state index contributed by atoms with van der Waals surface area (Å²) >= 11 is 6.40. The first-order valence-corrected chi connectivity index (χ1v) is 14.6. The molecule has 0 unspecified atom stereocenters. The maximum Gasteiger partial charge on any atom is 0.176 e. The zero-order chi connectivity index (χ0) is 27.0. The van der Waals surface area contributed by atoms with Crippen LogP contribution in [0.2, 0.25) is 5.02 Å². The van der Waals surface area contributed by atoms with Crippen molar-refractivity contribution < 1.29 is 27.4 Å². The quantitative estimate of drug-likeness (QED) is 0.378. The Kier molecular flexibility index (Phi) is 7.40. The third-order valence-corrected chi connectivity index (χ3v) is 8.61. The molecule has 0 aliphatic carbocycles. The van der Waals surface area contributed by atoms with Crippen LogP contribution in [0.1, 0.15) is 29.7 Å². The lowest BCUT2D eigenvalue weighted by molar-refractivity contribution is 0.0668. The molecule has 5 rings (SSSR count). The van der Waals surface area contributed by atoms with Crippen LogP contribution in [0.3, 0.4) is 0 Å². The molecule has 2 heterocycles. The number of benzene rings is 3. The van der Waals surface area contributed by atoms with Crippen molar-refractivity contribution in [3.63, 3.8) is 0 Å². The molecule has 1 N–H and O–H groups in total. The standard InChI is InChI=1S/C29H29ClFNO5S/c1-18-24-14-22(33)6-9-26(24)37-29(28(18)21-5-10-27(25(30)13-21)38(2,34)35)20-3-7-23(8-4-20)36-12-11-32-16-19(15-31)17-32/h3-10,13-14,19,29,33H,11-12,15-17H2,1-2H3/t29-/m0/s1. The normalized spacial score (nSPS) is 18.1. The zero-order valence-corrected chi connectivity index (χ0v) is 22.7. The molecule has 0 spiro atoms. The maximum absolute atomic E-state index is 12.6. The molecule has 0 amide bonds. The van der Waals surface area contributed by atoms with Gasteiger partial charge in [-0.05, 0) is 66.1 Å². The molecule has 38 heavy (non-hydrogen) atoms. The number of hydrogen-bond acceptors (Lipinski definition) is 6. The predicted octanol–water partition coefficient (Wildman–Crippen LogP) is 5.79. The number of phenolic OH excluding ortho intramolecular Hbond substituents is 1. The van der Waals surface area contributed by atoms with Crippen LogP contribution in [-0.2, 0) is 9.84 Å². The smallest absolute Gasteiger partial charge is 0.176 e. The molecule has 0 saturated carbocycles. The Balaban J connectivity index is 1.43. The Morgan fingerprint density at radius 3 is 2.50 bits per heavy atom. The minimum atomic E-state index is -3.48. The highest BCUT2D eigenvalue weighted by Gasteiger charge is 2.30. The van der Waals surface area contributed by atoms with Crippen molar-refractivity contribution in [2.45, 2.75) is 17.9 Å². The van der Waals surface area contributed by atoms with Crippen LogP contribution >= 0.6 is 11.6 Å². The SMILES string of the molecule is CC1=C(c2ccc(S(C)(=O)=O)c(Cl)c2)[C@H](c2ccc(OCCN3CC(CF)C3)cc2)Oc2ccc(O)cc21. The zero-order valence-electron chi connectivity index (χ0n) is 21.2. The van der Waals surface area contributed by atoms with E-state index in [1.165, 1.54) is 6.07 Å². The van der Waals surface area contributed by atoms with Gasteiger partial charge in [0.25, 0.3) is 0 Å². The molecule has 3 aromatic carbocycles. The number of allylic oxidation sites excluding steroid dienone is 1. The number of nitrogens with zero attached hydrogens (tertiary/aromatic N) is 1. The van der Waals surface area contributed by atoms with Gasteiger partial charge in [-0.25, -0.2) is 8.42 Å². The Labute approximate surface area is 227 Å². The fraction of sp³-hybridized carbons (Fsp3) is 0.310. The van der Waals surface area contributed by atoms with E-state index in [-0.39, 0.29) is 28.3 Å². The van der Waals surface area contributed by atoms with E-state index in [1.54, 1.807) is 30.3 Å². The van der Waals surface area contributed by atoms with Crippen LogP contribution in [0.25, 0.3) is 11.1 Å². The summed E-state index contributed by atoms with van der Waals surface area (Å²) in [6.07, 6.45) is 0.623. The number of likely N-dealkylation sites (tertiary alicyclic amines) is 1. The number of phenols is 1. The van der Waals surface area contributed by atoms with E-state index in [0.717, 1.165) is 59.5 Å². The van der Waals surface area contributed by atoms with E-state index >= 15 is 0 Å². The Bertz CT molecular complexity index is 1480. The molecule has 2 aliphatic heterocycles. The van der Waals surface area contributed by atoms with Gasteiger partial charge >= 0.3 is 0 Å². The van der Waals surface area contributed by atoms with E-state index < -0.39 is 15.9 Å². The molecule has 2 aliphatic rings. The van der Waals surface area contributed by atoms with E-state index in [1.807, 2.05) is 31.2 Å². The first-order chi connectivity index (χ1) is 18.1. The van der Waals surface area contributed by atoms with Crippen LogP contribution in [0.15, 0.2) is 65.6 Å². The van der Waals surface area contributed by atoms with Crippen LogP contribution in [0.5, 0.6) is 17.2 Å². The fourth-order valence-electron chi connectivity index (χ4n) is 5.00. The Hall–Kier alpha value is -3.07. The second kappa shape index (κ2) is 10.6. The van der Waals surface area contributed by atoms with Gasteiger partial charge in [0.2, 0.25) is 0 Å². The maximum atomic E-state index is 12.6. The number of aromatic hydroxyl groups is 1. The van der Waals surface area contributed by atoms with Crippen LogP contribution in [0.4, 0.5) is 4.39 Å². The Morgan fingerprint density at radius 1 is 1.11 bits per heavy atom. The van der Waals surface area contributed by atoms with Gasteiger partial charge in [0.05, 0.1) is 16.6 Å². The van der Waals surface area contributed by atoms with Gasteiger partial charge in [-0.1, -0.05) is 29.8 Å². The summed E-state index contributed by atoms with van der Waals surface area (Å²) < 4.78 is 49.2. The molecule has 1 atom stereocenters. The molecule has 0 bridgehead atoms. The lowest BCUT2D eigenvalue weighted by Gasteiger charge is -2.37. The monoisotopic (exact) mass is 557 g/mol. The molecular weight excluding hydrogens is 529 g/mol. The molecule has 0 aromatic heterocycles. The number of rotatable bonds is 8. The first kappa shape index (κ1) is 26.5. The van der Waals surface area contributed by atoms with Gasteiger partial charge in [0.1, 0.15) is 30.0 Å². The van der Waals surface area contributed by atoms with Crippen molar-refractivity contribution in [1.82, 2.24) is 4.90 Å². The largest absolute Gasteiger partial charge is 0.508 e. The fourth-order valence-corrected chi connectivity index (χ4v) is 6.33. The number of ether oxygens (including phenoxy) is 2. The summed E-state index contributed by atoms with van der Waals surface area (Å²) in [5, 5.41) is 10.2. The molecule has 200 valence electrons. The van der Waals surface area contributed by atoms with Gasteiger partial charge in [-0.3, -0.25) is 9.29 Å². The van der Waals surface area contributed by atoms with E-state index in [2.05, 4.69) is 4.90 Å². The van der Waals surface area contributed by atoms with Crippen LogP contribution in [-0.4, -0.2) is 57.6 Å². The summed E-state index contributed by atoms with van der Waals surface area (Å²) in [6.45, 7) is 4.51. The lowest BCUT2D eigenvalue weighted by Crippen LogP contribution is -2.49. The minimum Gasteiger partial charge on any atom is -0.508 e. The average molecular weight is 558 g/mol. The van der Waals surface area contributed by atoms with Crippen molar-refractivity contribution in [2.24, 2.45) is 5.92 Å². The number of alkyl halides is 1. The molecule has 3 aromatic rings. The molecule has 0 radical (unpaired) electrons. The van der Waals surface area contributed by atoms with Crippen molar-refractivity contribution in [2.75, 3.05) is 39.2 Å². The topological polar surface area (TPSA) is 76.1 Å². The van der Waals surface area contributed by atoms with E-state index in [9.17, 15) is 17.9 Å². The summed E-state index contributed by atoms with van der Waals surface area (Å²) in [5.41, 5.74) is 4.05. The molecule has 6 nitrogen and oxygen atoms in total. The van der Waals surface area contributed by atoms with Gasteiger partial charge < -0.3 is 14.6 Å². The van der Waals surface area contributed by atoms with Crippen molar-refractivity contribution in [3.8, 4) is 17.2 Å². The summed E-state index contributed by atoms with van der Waals surface area (Å²) in [6, 6.07) is 17.5. The molecule has 9 heteroatoms. The minimum absolute atomic E-state index is 0.0624. The average Bonchev–Trinajstić information content (AvgIpc) is 2.85. The molecule has 1 saturated heterocycles. The summed E-state index contributed by atoms with van der Waals surface area (Å²) in [5.74, 6) is 1.63. The third-order valence-electron chi connectivity index (χ3n) is 7.03. The van der Waals surface area contributed by atoms with Crippen molar-refractivity contribution >= 4 is 32.6 Å².